The molecule has 1 aliphatic rings. The van der Waals surface area contributed by atoms with Gasteiger partial charge in [-0.25, -0.2) is 4.79 Å². The van der Waals surface area contributed by atoms with Crippen LogP contribution in [0.15, 0.2) is 0 Å². The number of carbonyl (C=O) groups excluding carboxylic acids is 2. The molecule has 0 bridgehead atoms. The number of thioether (sulfide) groups is 1. The van der Waals surface area contributed by atoms with Gasteiger partial charge in [-0.1, -0.05) is 6.92 Å². The van der Waals surface area contributed by atoms with E-state index in [9.17, 15) is 14.4 Å². The zero-order valence-corrected chi connectivity index (χ0v) is 12.5. The molecule has 1 rings (SSSR count). The molecule has 20 heavy (non-hydrogen) atoms. The fourth-order valence-electron chi connectivity index (χ4n) is 2.10. The van der Waals surface area contributed by atoms with Gasteiger partial charge in [-0.15, -0.1) is 0 Å². The van der Waals surface area contributed by atoms with Crippen molar-refractivity contribution < 1.29 is 19.5 Å². The Kier molecular flexibility index (Phi) is 7.43. The Morgan fingerprint density at radius 3 is 2.50 bits per heavy atom. The molecule has 1 fully saturated rings. The second-order valence-corrected chi connectivity index (χ2v) is 6.45. The number of nitrogens with one attached hydrogen (secondary N) is 2. The number of hydrogen-bond donors (Lipinski definition) is 3. The van der Waals surface area contributed by atoms with Crippen LogP contribution in [0.25, 0.3) is 0 Å². The monoisotopic (exact) mass is 302 g/mol. The first-order valence-electron chi connectivity index (χ1n) is 6.84. The second-order valence-electron chi connectivity index (χ2n) is 5.22. The van der Waals surface area contributed by atoms with Crippen molar-refractivity contribution in [1.29, 1.82) is 0 Å². The Labute approximate surface area is 123 Å². The van der Waals surface area contributed by atoms with E-state index in [0.717, 1.165) is 24.3 Å². The van der Waals surface area contributed by atoms with Crippen LogP contribution in [0.2, 0.25) is 0 Å². The minimum absolute atomic E-state index is 0.0415. The van der Waals surface area contributed by atoms with Crippen LogP contribution in [0.5, 0.6) is 0 Å². The number of hydrogen-bond acceptors (Lipinski definition) is 4. The molecule has 1 unspecified atom stereocenters. The van der Waals surface area contributed by atoms with Gasteiger partial charge in [-0.3, -0.25) is 14.9 Å². The van der Waals surface area contributed by atoms with Gasteiger partial charge in [-0.2, -0.15) is 11.8 Å². The molecule has 114 valence electrons. The van der Waals surface area contributed by atoms with Gasteiger partial charge in [0.05, 0.1) is 0 Å². The van der Waals surface area contributed by atoms with E-state index in [1.807, 2.05) is 11.8 Å². The summed E-state index contributed by atoms with van der Waals surface area (Å²) in [5.41, 5.74) is 0. The second kappa shape index (κ2) is 8.84. The molecule has 0 spiro atoms. The van der Waals surface area contributed by atoms with Crippen LogP contribution >= 0.6 is 11.8 Å². The van der Waals surface area contributed by atoms with E-state index in [4.69, 9.17) is 5.11 Å². The summed E-state index contributed by atoms with van der Waals surface area (Å²) < 4.78 is 0. The lowest BCUT2D eigenvalue weighted by Gasteiger charge is -2.21. The summed E-state index contributed by atoms with van der Waals surface area (Å²) in [6.45, 7) is 2.26. The van der Waals surface area contributed by atoms with E-state index in [0.29, 0.717) is 12.5 Å². The molecule has 1 saturated heterocycles. The van der Waals surface area contributed by atoms with E-state index in [2.05, 4.69) is 10.6 Å². The summed E-state index contributed by atoms with van der Waals surface area (Å²) in [6.07, 6.45) is 2.15. The van der Waals surface area contributed by atoms with Crippen molar-refractivity contribution in [3.05, 3.63) is 0 Å². The molecule has 1 atom stereocenters. The van der Waals surface area contributed by atoms with Crippen molar-refractivity contribution in [3.8, 4) is 0 Å². The first-order valence-corrected chi connectivity index (χ1v) is 8.00. The third kappa shape index (κ3) is 7.37. The van der Waals surface area contributed by atoms with Gasteiger partial charge in [0.1, 0.15) is 0 Å². The first kappa shape index (κ1) is 16.8. The molecule has 0 aromatic heterocycles. The van der Waals surface area contributed by atoms with Crippen LogP contribution in [-0.4, -0.2) is 41.1 Å². The van der Waals surface area contributed by atoms with E-state index in [-0.39, 0.29) is 18.8 Å². The Hall–Kier alpha value is -1.24. The third-order valence-electron chi connectivity index (χ3n) is 3.20. The minimum Gasteiger partial charge on any atom is -0.481 e. The Morgan fingerprint density at radius 1 is 1.25 bits per heavy atom. The van der Waals surface area contributed by atoms with E-state index in [1.54, 1.807) is 6.92 Å². The van der Waals surface area contributed by atoms with Gasteiger partial charge < -0.3 is 10.4 Å². The molecule has 6 nitrogen and oxygen atoms in total. The van der Waals surface area contributed by atoms with E-state index >= 15 is 0 Å². The highest BCUT2D eigenvalue weighted by Crippen LogP contribution is 2.21. The summed E-state index contributed by atoms with van der Waals surface area (Å²) in [5, 5.41) is 13.5. The topological polar surface area (TPSA) is 95.5 Å². The molecule has 0 radical (unpaired) electrons. The Bertz CT molecular complexity index is 356. The summed E-state index contributed by atoms with van der Waals surface area (Å²) in [7, 11) is 0. The maximum absolute atomic E-state index is 11.5. The zero-order valence-electron chi connectivity index (χ0n) is 11.7. The minimum atomic E-state index is -0.940. The maximum Gasteiger partial charge on any atom is 0.321 e. The fourth-order valence-corrected chi connectivity index (χ4v) is 3.30. The molecule has 3 amide bonds. The number of aliphatic carboxylic acids is 1. The van der Waals surface area contributed by atoms with E-state index in [1.165, 1.54) is 0 Å². The summed E-state index contributed by atoms with van der Waals surface area (Å²) >= 11 is 1.92. The van der Waals surface area contributed by atoms with Gasteiger partial charge >= 0.3 is 12.0 Å². The average molecular weight is 302 g/mol. The van der Waals surface area contributed by atoms with Crippen molar-refractivity contribution in [3.63, 3.8) is 0 Å². The summed E-state index contributed by atoms with van der Waals surface area (Å²) in [6, 6.07) is -0.490. The van der Waals surface area contributed by atoms with Crippen molar-refractivity contribution in [1.82, 2.24) is 10.6 Å². The van der Waals surface area contributed by atoms with Gasteiger partial charge in [-0.05, 0) is 36.2 Å². The number of carboxylic acids is 1. The van der Waals surface area contributed by atoms with Gasteiger partial charge in [0.15, 0.2) is 0 Å². The van der Waals surface area contributed by atoms with Crippen LogP contribution < -0.4 is 10.6 Å². The quantitative estimate of drug-likeness (QED) is 0.690. The summed E-state index contributed by atoms with van der Waals surface area (Å²) in [5.74, 6) is 1.08. The number of urea groups is 1. The van der Waals surface area contributed by atoms with Crippen LogP contribution in [0.4, 0.5) is 4.79 Å². The molecule has 0 aliphatic carbocycles. The van der Waals surface area contributed by atoms with Crippen LogP contribution in [-0.2, 0) is 9.59 Å². The predicted octanol–water partition coefficient (Wildman–Crippen LogP) is 1.46. The molecule has 1 aliphatic heterocycles. The molecule has 3 N–H and O–H groups in total. The number of carbonyl (C=O) groups is 3. The van der Waals surface area contributed by atoms with E-state index < -0.39 is 17.9 Å². The SMILES string of the molecule is CC(CC(=O)O)CC(=O)NC(=O)NCC1CCSCC1. The molecule has 0 saturated carbocycles. The highest BCUT2D eigenvalue weighted by atomic mass is 32.2. The van der Waals surface area contributed by atoms with Crippen molar-refractivity contribution in [2.75, 3.05) is 18.1 Å². The molecule has 0 aromatic rings. The van der Waals surface area contributed by atoms with Crippen LogP contribution in [0.1, 0.15) is 32.6 Å². The van der Waals surface area contributed by atoms with Crippen molar-refractivity contribution >= 4 is 29.7 Å². The largest absolute Gasteiger partial charge is 0.481 e. The lowest BCUT2D eigenvalue weighted by Crippen LogP contribution is -2.42. The first-order chi connectivity index (χ1) is 9.47. The average Bonchev–Trinajstić information content (AvgIpc) is 2.36. The Balaban J connectivity index is 2.17. The number of amides is 3. The molecule has 0 aromatic carbocycles. The lowest BCUT2D eigenvalue weighted by molar-refractivity contribution is -0.138. The lowest BCUT2D eigenvalue weighted by atomic mass is 10.0. The molecule has 7 heteroatoms. The number of imide groups is 1. The third-order valence-corrected chi connectivity index (χ3v) is 4.25. The number of rotatable bonds is 6. The van der Waals surface area contributed by atoms with Gasteiger partial charge in [0.2, 0.25) is 5.91 Å². The van der Waals surface area contributed by atoms with Gasteiger partial charge in [0.25, 0.3) is 0 Å². The van der Waals surface area contributed by atoms with Crippen molar-refractivity contribution in [2.24, 2.45) is 11.8 Å². The predicted molar refractivity (Wildman–Crippen MR) is 77.6 cm³/mol. The van der Waals surface area contributed by atoms with Crippen molar-refractivity contribution in [2.45, 2.75) is 32.6 Å². The smallest absolute Gasteiger partial charge is 0.321 e. The highest BCUT2D eigenvalue weighted by molar-refractivity contribution is 7.99. The van der Waals surface area contributed by atoms with Crippen LogP contribution in [0, 0.1) is 11.8 Å². The standard InChI is InChI=1S/C13H22N2O4S/c1-9(7-12(17)18)6-11(16)15-13(19)14-8-10-2-4-20-5-3-10/h9-10H,2-8H2,1H3,(H,17,18)(H2,14,15,16,19). The van der Waals surface area contributed by atoms with Gasteiger partial charge in [0, 0.05) is 19.4 Å². The summed E-state index contributed by atoms with van der Waals surface area (Å²) in [4.78, 5) is 33.5. The zero-order chi connectivity index (χ0) is 15.0. The Morgan fingerprint density at radius 2 is 1.90 bits per heavy atom. The molecule has 1 heterocycles. The van der Waals surface area contributed by atoms with Crippen LogP contribution in [0.3, 0.4) is 0 Å². The maximum atomic E-state index is 11.5. The normalized spacial score (nSPS) is 17.2. The highest BCUT2D eigenvalue weighted by Gasteiger charge is 2.17. The molecular weight excluding hydrogens is 280 g/mol. The molecular formula is C13H22N2O4S. The number of carboxylic acid groups (broad SMARTS) is 1. The fraction of sp³-hybridized carbons (Fsp3) is 0.769.